The van der Waals surface area contributed by atoms with E-state index in [0.717, 1.165) is 41.8 Å². The highest BCUT2D eigenvalue weighted by Gasteiger charge is 2.43. The number of thioether (sulfide) groups is 1. The van der Waals surface area contributed by atoms with Crippen LogP contribution >= 0.6 is 11.8 Å². The first kappa shape index (κ1) is 105. The Hall–Kier alpha value is -14.3. The van der Waals surface area contributed by atoms with E-state index >= 15 is 19.2 Å². The Morgan fingerprint density at radius 1 is 0.575 bits per heavy atom. The second kappa shape index (κ2) is 52.1. The van der Waals surface area contributed by atoms with Crippen molar-refractivity contribution in [3.8, 4) is 0 Å². The number of benzene rings is 4. The molecule has 1 aliphatic rings. The molecule has 43 nitrogen and oxygen atoms in total. The highest BCUT2D eigenvalue weighted by atomic mass is 32.2. The topological polar surface area (TPSA) is 630 Å². The predicted molar refractivity (Wildman–Crippen MR) is 494 cm³/mol. The van der Waals surface area contributed by atoms with Gasteiger partial charge < -0.3 is 125 Å². The predicted octanol–water partition coefficient (Wildman–Crippen LogP) is -3.03. The molecule has 3 aromatic heterocycles. The molecule has 44 heteroatoms. The summed E-state index contributed by atoms with van der Waals surface area (Å²) in [7, 11) is 5.14. The number of amides is 17. The summed E-state index contributed by atoms with van der Waals surface area (Å²) in [6.45, 7) is 3.56. The molecule has 1 aliphatic heterocycles. The number of guanidine groups is 1. The van der Waals surface area contributed by atoms with Crippen LogP contribution in [-0.4, -0.2) is 315 Å². The maximum absolute atomic E-state index is 15.4. The van der Waals surface area contributed by atoms with E-state index in [1.54, 1.807) is 105 Å². The molecule has 4 heterocycles. The van der Waals surface area contributed by atoms with Gasteiger partial charge in [-0.25, -0.2) is 4.98 Å². The van der Waals surface area contributed by atoms with E-state index in [0.29, 0.717) is 70.0 Å². The number of aromatic amines is 3. The first-order valence-electron chi connectivity index (χ1n) is 43.7. The van der Waals surface area contributed by atoms with Crippen molar-refractivity contribution in [2.24, 2.45) is 23.1 Å². The third-order valence-corrected chi connectivity index (χ3v) is 23.6. The third kappa shape index (κ3) is 31.7. The quantitative estimate of drug-likeness (QED) is 0.00780. The summed E-state index contributed by atoms with van der Waals surface area (Å²) in [4.78, 5) is 257. The molecule has 22 N–H and O–H groups in total. The Bertz CT molecular complexity index is 5240. The second-order valence-corrected chi connectivity index (χ2v) is 34.2. The number of aliphatic hydroxyl groups is 1. The summed E-state index contributed by atoms with van der Waals surface area (Å²) in [6.07, 6.45) is 5.74. The Kier molecular flexibility index (Phi) is 40.8. The van der Waals surface area contributed by atoms with Gasteiger partial charge in [-0.3, -0.25) is 86.9 Å². The smallest absolute Gasteiger partial charge is 0.246 e. The number of nitrogens with zero attached hydrogens (tertiary/aromatic N) is 6. The van der Waals surface area contributed by atoms with Crippen LogP contribution in [0.4, 0.5) is 0 Å². The minimum absolute atomic E-state index is 0.00164. The molecule has 0 bridgehead atoms. The zero-order chi connectivity index (χ0) is 97.8. The number of aliphatic hydroxyl groups excluding tert-OH is 1. The van der Waals surface area contributed by atoms with E-state index in [9.17, 15) is 67.4 Å². The maximum Gasteiger partial charge on any atom is 0.246 e. The second-order valence-electron chi connectivity index (χ2n) is 33.1. The van der Waals surface area contributed by atoms with E-state index in [1.165, 1.54) is 54.6 Å². The molecule has 134 heavy (non-hydrogen) atoms. The number of imidazole rings is 1. The molecule has 17 amide bonds. The number of ether oxygens (including phenoxy) is 1. The summed E-state index contributed by atoms with van der Waals surface area (Å²) in [5.41, 5.74) is 20.8. The average molecular weight is 1880 g/mol. The van der Waals surface area contributed by atoms with Crippen LogP contribution in [0, 0.1) is 11.3 Å². The van der Waals surface area contributed by atoms with Gasteiger partial charge >= 0.3 is 0 Å². The Morgan fingerprint density at radius 3 is 1.74 bits per heavy atom. The number of fused-ring (bicyclic) bond motifs is 2. The van der Waals surface area contributed by atoms with Gasteiger partial charge in [-0.15, -0.1) is 11.8 Å². The van der Waals surface area contributed by atoms with Crippen LogP contribution in [0.3, 0.4) is 0 Å². The van der Waals surface area contributed by atoms with Crippen LogP contribution in [0.25, 0.3) is 21.8 Å². The number of likely N-dealkylation sites (N-methyl/N-ethyl adjacent to an activating group) is 4. The van der Waals surface area contributed by atoms with Gasteiger partial charge in [0.2, 0.25) is 101 Å². The molecule has 722 valence electrons. The largest absolute Gasteiger partial charge is 0.394 e. The SMILES string of the molecule is CC(C)CC(NC(=O)C(Cc1cnc[nH]1)NC(=O)C1CCCN1C(=O)C(CC(N)=O)NC(=O)C(C)N(C)C=O)C(=O)N(C)CC(=O)NC(Cc1c[nH]c2ccccc12)C(=O)NC(CO)C(=O)NC(Cc1c[nH]c2ccccc12)C(=O)N(C)C(C)C(=O)N(C)C(COCc1ccccc1)C(=O)NC(CCCNC(=N)N)C(=O)NC(CSCC(=O)NCCc1ccccc1)C(=O)NCC(N)=O. The molecule has 1 saturated heterocycles. The first-order valence-corrected chi connectivity index (χ1v) is 44.9. The van der Waals surface area contributed by atoms with Crippen molar-refractivity contribution in [1.82, 2.24) is 103 Å². The fourth-order valence-electron chi connectivity index (χ4n) is 14.9. The van der Waals surface area contributed by atoms with Gasteiger partial charge in [0, 0.05) is 119 Å². The van der Waals surface area contributed by atoms with Crippen molar-refractivity contribution in [2.45, 2.75) is 171 Å². The summed E-state index contributed by atoms with van der Waals surface area (Å²) >= 11 is 0.991. The van der Waals surface area contributed by atoms with Crippen molar-refractivity contribution in [3.05, 3.63) is 162 Å². The van der Waals surface area contributed by atoms with Crippen molar-refractivity contribution >= 4 is 140 Å². The minimum atomic E-state index is -1.87. The van der Waals surface area contributed by atoms with Gasteiger partial charge in [-0.1, -0.05) is 111 Å². The normalized spacial score (nSPS) is 14.8. The standard InChI is InChI=1S/C90H122N24O19S/c1-52(2)35-67(106-82(125)66(38-59-42-95-50-101-59)104-84(127)72-30-20-34-114(72)89(132)69(39-74(91)117)105-78(121)53(3)111(6)51-116)87(130)110(5)44-76(119)102-65(36-57-40-98-62-27-17-15-25-60(57)62)81(124)108-70(45-115)83(126)107-68(37-58-41-99-63-28-18-16-26-61(58)63)88(131)112(7)54(4)86(129)113(8)73(47-133-46-56-23-13-10-14-24-56)85(128)103-64(29-19-32-97-90(93)94)80(123)109-71(79(122)100-43-75(92)118)48-134-49-77(120)96-33-31-55-21-11-9-12-22-55/h9-18,21-28,40-42,50-54,64-73,98-99,115H,19-20,29-39,43-49H2,1-8H3,(H2,91,117)(H2,92,118)(H,95,101)(H,96,120)(H,100,122)(H,102,119)(H,103,128)(H,104,127)(H,105,121)(H,106,125)(H,107,126)(H,108,124)(H,109,123)(H4,93,94,97). The molecule has 7 aromatic rings. The molecule has 0 aliphatic carbocycles. The number of carbonyl (C=O) groups is 17. The van der Waals surface area contributed by atoms with Gasteiger partial charge in [0.1, 0.15) is 72.5 Å². The zero-order valence-electron chi connectivity index (χ0n) is 76.0. The van der Waals surface area contributed by atoms with Gasteiger partial charge in [-0.2, -0.15) is 0 Å². The van der Waals surface area contributed by atoms with E-state index < -0.39 is 200 Å². The number of primary amides is 2. The van der Waals surface area contributed by atoms with Crippen molar-refractivity contribution < 1.29 is 91.4 Å². The lowest BCUT2D eigenvalue weighted by Gasteiger charge is -2.35. The lowest BCUT2D eigenvalue weighted by Crippen LogP contribution is -2.61. The Labute approximate surface area is 778 Å². The van der Waals surface area contributed by atoms with Crippen molar-refractivity contribution in [3.63, 3.8) is 0 Å². The summed E-state index contributed by atoms with van der Waals surface area (Å²) in [6, 6.07) is 14.5. The van der Waals surface area contributed by atoms with Gasteiger partial charge in [0.15, 0.2) is 5.96 Å². The molecule has 0 radical (unpaired) electrons. The number of carbonyl (C=O) groups excluding carboxylic acids is 17. The number of hydrogen-bond donors (Lipinski definition) is 19. The van der Waals surface area contributed by atoms with Crippen molar-refractivity contribution in [2.75, 3.05) is 85.6 Å². The van der Waals surface area contributed by atoms with Gasteiger partial charge in [0.25, 0.3) is 0 Å². The fraction of sp³-hybridized carbons (Fsp3) is 0.456. The minimum Gasteiger partial charge on any atom is -0.394 e. The Balaban J connectivity index is 0.998. The number of H-pyrrole nitrogens is 3. The maximum atomic E-state index is 15.4. The lowest BCUT2D eigenvalue weighted by molar-refractivity contribution is -0.150. The number of nitrogens with one attached hydrogen (secondary N) is 15. The first-order chi connectivity index (χ1) is 63.9. The molecule has 1 fully saturated rings. The molecular weight excluding hydrogens is 1750 g/mol. The Morgan fingerprint density at radius 2 is 1.14 bits per heavy atom. The van der Waals surface area contributed by atoms with E-state index in [4.69, 9.17) is 27.3 Å². The fourth-order valence-corrected chi connectivity index (χ4v) is 15.8. The van der Waals surface area contributed by atoms with Crippen LogP contribution in [0.1, 0.15) is 94.2 Å². The van der Waals surface area contributed by atoms with Gasteiger partial charge in [0.05, 0.1) is 51.4 Å². The number of likely N-dealkylation sites (tertiary alicyclic amines) is 1. The van der Waals surface area contributed by atoms with Gasteiger partial charge in [-0.05, 0) is 92.7 Å². The molecule has 12 atom stereocenters. The third-order valence-electron chi connectivity index (χ3n) is 22.6. The number of nitrogens with two attached hydrogens (primary N) is 3. The summed E-state index contributed by atoms with van der Waals surface area (Å²) in [5.74, 6) is -14.9. The molecule has 0 saturated carbocycles. The molecule has 4 aromatic carbocycles. The van der Waals surface area contributed by atoms with Crippen LogP contribution in [0.5, 0.6) is 0 Å². The average Bonchev–Trinajstić information content (AvgIpc) is 1.58. The molecular formula is C90H122N24O19S. The molecule has 8 rings (SSSR count). The number of aromatic nitrogens is 4. The van der Waals surface area contributed by atoms with Crippen molar-refractivity contribution in [1.29, 1.82) is 5.41 Å². The summed E-state index contributed by atoms with van der Waals surface area (Å²) < 4.78 is 6.12. The summed E-state index contributed by atoms with van der Waals surface area (Å²) in [5, 5.41) is 49.1. The van der Waals surface area contributed by atoms with E-state index in [-0.39, 0.29) is 88.0 Å². The lowest BCUT2D eigenvalue weighted by atomic mass is 10.0. The number of rotatable bonds is 54. The van der Waals surface area contributed by atoms with Crippen LogP contribution < -0.4 is 75.7 Å². The van der Waals surface area contributed by atoms with E-state index in [1.807, 2.05) is 30.3 Å². The molecule has 12 unspecified atom stereocenters. The highest BCUT2D eigenvalue weighted by Crippen LogP contribution is 2.25. The van der Waals surface area contributed by atoms with Crippen LogP contribution in [-0.2, 0) is 119 Å². The highest BCUT2D eigenvalue weighted by molar-refractivity contribution is 8.00. The zero-order valence-corrected chi connectivity index (χ0v) is 76.9. The van der Waals surface area contributed by atoms with Crippen LogP contribution in [0.2, 0.25) is 0 Å². The van der Waals surface area contributed by atoms with E-state index in [2.05, 4.69) is 78.4 Å². The van der Waals surface area contributed by atoms with Crippen LogP contribution in [0.15, 0.2) is 134 Å². The number of para-hydroxylation sites is 2. The molecule has 0 spiro atoms. The monoisotopic (exact) mass is 1870 g/mol. The number of hydrogen-bond acceptors (Lipinski definition) is 22.